The largest absolute Gasteiger partial charge is 0.310 e. The number of fused-ring (bicyclic) bond motifs is 20. The average Bonchev–Trinajstić information content (AvgIpc) is 3.89. The lowest BCUT2D eigenvalue weighted by molar-refractivity contribution is 1.12. The van der Waals surface area contributed by atoms with Crippen LogP contribution in [0, 0.1) is 0 Å². The van der Waals surface area contributed by atoms with Crippen LogP contribution in [0.25, 0.3) is 98.1 Å². The third-order valence-electron chi connectivity index (χ3n) is 14.5. The molecule has 2 aromatic heterocycles. The minimum absolute atomic E-state index is 0.00843. The summed E-state index contributed by atoms with van der Waals surface area (Å²) in [5.41, 5.74) is 15.3. The molecule has 0 bridgehead atoms. The lowest BCUT2D eigenvalue weighted by Gasteiger charge is -2.37. The van der Waals surface area contributed by atoms with Gasteiger partial charge in [0, 0.05) is 42.7 Å². The molecular formula is C58H32BN3S. The number of para-hydroxylation sites is 2. The average molecular weight is 814 g/mol. The van der Waals surface area contributed by atoms with Gasteiger partial charge < -0.3 is 14.0 Å². The van der Waals surface area contributed by atoms with Crippen LogP contribution in [0.1, 0.15) is 0 Å². The van der Waals surface area contributed by atoms with Crippen LogP contribution in [0.15, 0.2) is 204 Å². The van der Waals surface area contributed by atoms with Gasteiger partial charge in [0.2, 0.25) is 0 Å². The highest BCUT2D eigenvalue weighted by molar-refractivity contribution is 7.99. The third-order valence-corrected chi connectivity index (χ3v) is 15.7. The van der Waals surface area contributed by atoms with Gasteiger partial charge in [0.15, 0.2) is 0 Å². The number of hydrogen-bond donors (Lipinski definition) is 0. The van der Waals surface area contributed by atoms with Crippen molar-refractivity contribution in [2.45, 2.75) is 9.79 Å². The van der Waals surface area contributed by atoms with E-state index in [0.717, 1.165) is 5.69 Å². The van der Waals surface area contributed by atoms with Gasteiger partial charge in [-0.2, -0.15) is 0 Å². The Bertz CT molecular complexity index is 4000. The zero-order chi connectivity index (χ0) is 40.7. The molecule has 3 aliphatic heterocycles. The van der Waals surface area contributed by atoms with Crippen molar-refractivity contribution in [1.29, 1.82) is 0 Å². The summed E-state index contributed by atoms with van der Waals surface area (Å²) in [4.78, 5) is 5.04. The van der Waals surface area contributed by atoms with E-state index in [2.05, 4.69) is 208 Å². The fourth-order valence-corrected chi connectivity index (χ4v) is 13.2. The highest BCUT2D eigenvalue weighted by Gasteiger charge is 2.43. The molecule has 3 aliphatic rings. The first-order valence-corrected chi connectivity index (χ1v) is 22.7. The van der Waals surface area contributed by atoms with Crippen LogP contribution in [0.2, 0.25) is 0 Å². The van der Waals surface area contributed by atoms with E-state index in [0.29, 0.717) is 0 Å². The summed E-state index contributed by atoms with van der Waals surface area (Å²) >= 11 is 1.86. The van der Waals surface area contributed by atoms with E-state index in [1.54, 1.807) is 0 Å². The van der Waals surface area contributed by atoms with Crippen molar-refractivity contribution in [2.75, 3.05) is 4.90 Å². The molecule has 0 saturated carbocycles. The summed E-state index contributed by atoms with van der Waals surface area (Å²) in [5.74, 6) is 0. The second-order valence-corrected chi connectivity index (χ2v) is 18.6. The van der Waals surface area contributed by atoms with Crippen molar-refractivity contribution in [3.05, 3.63) is 194 Å². The van der Waals surface area contributed by atoms with Gasteiger partial charge in [-0.05, 0) is 108 Å². The second kappa shape index (κ2) is 11.6. The zero-order valence-electron chi connectivity index (χ0n) is 33.8. The smallest absolute Gasteiger partial charge is 0.252 e. The monoisotopic (exact) mass is 813 g/mol. The molecule has 288 valence electrons. The van der Waals surface area contributed by atoms with Crippen molar-refractivity contribution in [3.63, 3.8) is 0 Å². The maximum Gasteiger partial charge on any atom is 0.252 e. The van der Waals surface area contributed by atoms with E-state index in [1.165, 1.54) is 136 Å². The van der Waals surface area contributed by atoms with Crippen LogP contribution < -0.4 is 21.3 Å². The molecule has 63 heavy (non-hydrogen) atoms. The predicted octanol–water partition coefficient (Wildman–Crippen LogP) is 13.6. The van der Waals surface area contributed by atoms with Crippen LogP contribution >= 0.6 is 11.8 Å². The Morgan fingerprint density at radius 3 is 1.25 bits per heavy atom. The van der Waals surface area contributed by atoms with Gasteiger partial charge in [-0.3, -0.25) is 0 Å². The molecule has 0 fully saturated rings. The molecule has 5 heteroatoms. The van der Waals surface area contributed by atoms with Gasteiger partial charge in [-0.1, -0.05) is 157 Å². The predicted molar refractivity (Wildman–Crippen MR) is 269 cm³/mol. The number of anilines is 3. The Labute approximate surface area is 366 Å². The van der Waals surface area contributed by atoms with Crippen LogP contribution in [-0.4, -0.2) is 15.8 Å². The molecule has 0 amide bonds. The number of aromatic nitrogens is 2. The van der Waals surface area contributed by atoms with Gasteiger partial charge in [0.05, 0.1) is 39.1 Å². The Hall–Kier alpha value is -7.73. The normalized spacial score (nSPS) is 13.6. The van der Waals surface area contributed by atoms with Gasteiger partial charge in [0.25, 0.3) is 6.71 Å². The molecule has 3 nitrogen and oxygen atoms in total. The molecule has 0 N–H and O–H groups in total. The summed E-state index contributed by atoms with van der Waals surface area (Å²) in [5, 5.41) is 15.6. The molecule has 16 rings (SSSR count). The van der Waals surface area contributed by atoms with E-state index in [4.69, 9.17) is 0 Å². The van der Waals surface area contributed by atoms with Crippen LogP contribution in [0.4, 0.5) is 17.1 Å². The van der Waals surface area contributed by atoms with E-state index in [-0.39, 0.29) is 6.71 Å². The number of nitrogens with zero attached hydrogens (tertiary/aromatic N) is 3. The fourth-order valence-electron chi connectivity index (χ4n) is 12.2. The van der Waals surface area contributed by atoms with E-state index in [1.807, 2.05) is 11.8 Å². The van der Waals surface area contributed by atoms with Gasteiger partial charge in [-0.15, -0.1) is 0 Å². The molecule has 13 aromatic rings. The summed E-state index contributed by atoms with van der Waals surface area (Å²) in [7, 11) is 0. The minimum atomic E-state index is -0.00843. The van der Waals surface area contributed by atoms with Gasteiger partial charge in [0.1, 0.15) is 0 Å². The molecule has 5 heterocycles. The topological polar surface area (TPSA) is 13.1 Å². The maximum absolute atomic E-state index is 2.65. The molecule has 0 saturated heterocycles. The van der Waals surface area contributed by atoms with Gasteiger partial charge >= 0.3 is 0 Å². The summed E-state index contributed by atoms with van der Waals surface area (Å²) in [6.07, 6.45) is 0. The molecule has 0 aliphatic carbocycles. The quantitative estimate of drug-likeness (QED) is 0.153. The Kier molecular flexibility index (Phi) is 6.07. The van der Waals surface area contributed by atoms with Crippen molar-refractivity contribution >= 4 is 139 Å². The molecule has 0 spiro atoms. The van der Waals surface area contributed by atoms with Crippen LogP contribution in [0.3, 0.4) is 0 Å². The molecule has 0 radical (unpaired) electrons. The second-order valence-electron chi connectivity index (χ2n) is 17.6. The fraction of sp³-hybridized carbons (Fsp3) is 0. The van der Waals surface area contributed by atoms with Crippen LogP contribution in [0.5, 0.6) is 0 Å². The van der Waals surface area contributed by atoms with Gasteiger partial charge in [-0.25, -0.2) is 0 Å². The number of benzene rings is 11. The van der Waals surface area contributed by atoms with Crippen molar-refractivity contribution in [1.82, 2.24) is 9.13 Å². The van der Waals surface area contributed by atoms with Crippen molar-refractivity contribution in [2.24, 2.45) is 0 Å². The Balaban J connectivity index is 1.17. The molecule has 11 aromatic carbocycles. The van der Waals surface area contributed by atoms with E-state index >= 15 is 0 Å². The number of rotatable bonds is 1. The number of hydrogen-bond acceptors (Lipinski definition) is 2. The Morgan fingerprint density at radius 2 is 0.762 bits per heavy atom. The molecule has 0 atom stereocenters. The first-order valence-electron chi connectivity index (χ1n) is 21.9. The summed E-state index contributed by atoms with van der Waals surface area (Å²) < 4.78 is 5.30. The van der Waals surface area contributed by atoms with E-state index in [9.17, 15) is 0 Å². The standard InChI is InChI=1S/C58H32BN3S/c1-5-17-38-33(13-1)25-27-46-52(38)54-40-19-7-3-15-35(40)29-42-57(54)61(46)48-31-37(60-44-21-9-11-23-50(44)63-51-24-12-10-22-45(51)60)32-49-56(48)59(42)43-30-36-16-4-8-20-41(36)55-53-39-18-6-2-14-34(39)26-28-47(53)62(49)58(43)55/h1-32H. The summed E-state index contributed by atoms with van der Waals surface area (Å²) in [6, 6.07) is 73.5. The SMILES string of the molecule is c1ccc2c(c1)Sc1ccccc1N2c1cc2c3c(c1)-n1c4ccc5ccccc5c4c4c5ccccc5cc(c41)B3c1cc3ccccc3c3c4c5ccccc5ccc4n-2c13. The minimum Gasteiger partial charge on any atom is -0.310 e. The third kappa shape index (κ3) is 4.01. The first-order chi connectivity index (χ1) is 31.3. The van der Waals surface area contributed by atoms with Crippen molar-refractivity contribution < 1.29 is 0 Å². The highest BCUT2D eigenvalue weighted by Crippen LogP contribution is 2.53. The summed E-state index contributed by atoms with van der Waals surface area (Å²) in [6.45, 7) is -0.00843. The first kappa shape index (κ1) is 33.0. The lowest BCUT2D eigenvalue weighted by Crippen LogP contribution is -2.59. The van der Waals surface area contributed by atoms with Crippen LogP contribution in [-0.2, 0) is 0 Å². The Morgan fingerprint density at radius 1 is 0.349 bits per heavy atom. The van der Waals surface area contributed by atoms with E-state index < -0.39 is 0 Å². The van der Waals surface area contributed by atoms with Crippen molar-refractivity contribution in [3.8, 4) is 11.4 Å². The maximum atomic E-state index is 2.65. The molecule has 0 unspecified atom stereocenters. The zero-order valence-corrected chi connectivity index (χ0v) is 34.6. The lowest BCUT2D eigenvalue weighted by atomic mass is 9.34. The molecular weight excluding hydrogens is 782 g/mol. The highest BCUT2D eigenvalue weighted by atomic mass is 32.2.